The molecule has 0 radical (unpaired) electrons. The molecule has 2 saturated heterocycles. The molecule has 3 unspecified atom stereocenters. The summed E-state index contributed by atoms with van der Waals surface area (Å²) in [4.78, 5) is 12.5. The Kier molecular flexibility index (Phi) is 8.10. The number of hydrogen-bond acceptors (Lipinski definition) is 5. The molecule has 3 N–H and O–H groups in total. The van der Waals surface area contributed by atoms with E-state index in [2.05, 4.69) is 20.7 Å². The fourth-order valence-electron chi connectivity index (χ4n) is 5.30. The number of amides is 2. The molecule has 1 aromatic rings. The molecule has 0 spiro atoms. The van der Waals surface area contributed by atoms with Crippen LogP contribution in [0, 0.1) is 11.7 Å². The zero-order chi connectivity index (χ0) is 26.8. The van der Waals surface area contributed by atoms with Crippen LogP contribution in [0.15, 0.2) is 18.2 Å². The first-order valence-electron chi connectivity index (χ1n) is 12.1. The number of carbonyl (C=O) groups is 1. The first-order chi connectivity index (χ1) is 17.4. The summed E-state index contributed by atoms with van der Waals surface area (Å²) in [5, 5.41) is 7.95. The largest absolute Gasteiger partial charge is 0.573 e. The molecule has 37 heavy (non-hydrogen) atoms. The highest BCUT2D eigenvalue weighted by atomic mass is 19.4. The van der Waals surface area contributed by atoms with Crippen molar-refractivity contribution in [2.45, 2.75) is 81.5 Å². The lowest BCUT2D eigenvalue weighted by atomic mass is 9.70. The maximum atomic E-state index is 14.2. The summed E-state index contributed by atoms with van der Waals surface area (Å²) in [5.41, 5.74) is -2.61. The van der Waals surface area contributed by atoms with Crippen LogP contribution in [0.3, 0.4) is 0 Å². The lowest BCUT2D eigenvalue weighted by Gasteiger charge is -2.52. The first-order valence-corrected chi connectivity index (χ1v) is 12.1. The molecular weight excluding hydrogens is 515 g/mol. The standard InChI is InChI=1S/C23H28F7N3O4/c24-15-12-13(37-23(28,29)30)7-8-16(15)32-20(34)33-17-5-3-10-31-19(17)36-18-6-2-1-4-14(18)21(9-11-35-21)22(25,26)27/h7-8,12,14,17-19,31H,1-6,9-11H2,(H2,32,33,34)/t14?,17?,18-,19?,21-/m1/s1. The SMILES string of the molecule is O=C(Nc1ccc(OC(F)(F)F)cc1F)NC1CCCNC1O[C@@H]1CCCCC1[C@@]1(C(F)(F)F)CCO1. The summed E-state index contributed by atoms with van der Waals surface area (Å²) in [7, 11) is 0. The predicted octanol–water partition coefficient (Wildman–Crippen LogP) is 5.22. The van der Waals surface area contributed by atoms with Gasteiger partial charge in [0.05, 0.1) is 24.4 Å². The van der Waals surface area contributed by atoms with E-state index < -0.39 is 60.0 Å². The molecule has 14 heteroatoms. The van der Waals surface area contributed by atoms with Gasteiger partial charge in [0.2, 0.25) is 0 Å². The summed E-state index contributed by atoms with van der Waals surface area (Å²) in [6.07, 6.45) is -8.03. The summed E-state index contributed by atoms with van der Waals surface area (Å²) >= 11 is 0. The molecule has 3 aliphatic rings. The van der Waals surface area contributed by atoms with Crippen molar-refractivity contribution < 1.29 is 49.7 Å². The van der Waals surface area contributed by atoms with Gasteiger partial charge < -0.3 is 24.8 Å². The van der Waals surface area contributed by atoms with Gasteiger partial charge >= 0.3 is 18.6 Å². The van der Waals surface area contributed by atoms with Crippen LogP contribution in [0.1, 0.15) is 44.9 Å². The Bertz CT molecular complexity index is 955. The van der Waals surface area contributed by atoms with Gasteiger partial charge in [0, 0.05) is 18.4 Å². The third-order valence-corrected chi connectivity index (χ3v) is 7.08. The van der Waals surface area contributed by atoms with E-state index in [1.54, 1.807) is 0 Å². The Morgan fingerprint density at radius 2 is 1.81 bits per heavy atom. The maximum Gasteiger partial charge on any atom is 0.573 e. The van der Waals surface area contributed by atoms with E-state index in [4.69, 9.17) is 9.47 Å². The Balaban J connectivity index is 1.40. The lowest BCUT2D eigenvalue weighted by molar-refractivity contribution is -0.358. The highest BCUT2D eigenvalue weighted by molar-refractivity contribution is 5.89. The molecule has 4 rings (SSSR count). The number of hydrogen-bond donors (Lipinski definition) is 3. The number of piperidine rings is 1. The smallest absolute Gasteiger partial charge is 0.406 e. The Labute approximate surface area is 208 Å². The number of rotatable bonds is 6. The summed E-state index contributed by atoms with van der Waals surface area (Å²) in [6, 6.07) is 0.767. The van der Waals surface area contributed by atoms with Crippen molar-refractivity contribution in [3.8, 4) is 5.75 Å². The number of carbonyl (C=O) groups excluding carboxylic acids is 1. The molecule has 2 amide bonds. The van der Waals surface area contributed by atoms with E-state index in [0.717, 1.165) is 12.1 Å². The molecule has 5 atom stereocenters. The van der Waals surface area contributed by atoms with Gasteiger partial charge in [-0.3, -0.25) is 5.32 Å². The number of ether oxygens (including phenoxy) is 3. The molecule has 0 aromatic heterocycles. The van der Waals surface area contributed by atoms with Crippen LogP contribution in [0.4, 0.5) is 41.2 Å². The highest BCUT2D eigenvalue weighted by Crippen LogP contribution is 2.52. The second-order valence-corrected chi connectivity index (χ2v) is 9.46. The molecule has 7 nitrogen and oxygen atoms in total. The number of urea groups is 1. The van der Waals surface area contributed by atoms with E-state index in [0.29, 0.717) is 51.1 Å². The van der Waals surface area contributed by atoms with Crippen molar-refractivity contribution in [2.24, 2.45) is 5.92 Å². The van der Waals surface area contributed by atoms with Crippen molar-refractivity contribution in [3.63, 3.8) is 0 Å². The zero-order valence-corrected chi connectivity index (χ0v) is 19.7. The van der Waals surface area contributed by atoms with Gasteiger partial charge in [0.25, 0.3) is 0 Å². The van der Waals surface area contributed by atoms with Crippen LogP contribution in [0.5, 0.6) is 5.75 Å². The van der Waals surface area contributed by atoms with Gasteiger partial charge in [-0.1, -0.05) is 12.8 Å². The molecule has 2 aliphatic heterocycles. The third kappa shape index (κ3) is 6.40. The predicted molar refractivity (Wildman–Crippen MR) is 116 cm³/mol. The normalized spacial score (nSPS) is 30.8. The highest BCUT2D eigenvalue weighted by Gasteiger charge is 2.66. The van der Waals surface area contributed by atoms with Gasteiger partial charge in [0.15, 0.2) is 5.60 Å². The molecular formula is C23H28F7N3O4. The van der Waals surface area contributed by atoms with Crippen LogP contribution in [0.2, 0.25) is 0 Å². The van der Waals surface area contributed by atoms with E-state index in [9.17, 15) is 35.5 Å². The number of alkyl halides is 6. The van der Waals surface area contributed by atoms with E-state index >= 15 is 0 Å². The van der Waals surface area contributed by atoms with Crippen molar-refractivity contribution in [3.05, 3.63) is 24.0 Å². The minimum absolute atomic E-state index is 0.0363. The Hall–Kier alpha value is -2.32. The monoisotopic (exact) mass is 543 g/mol. The molecule has 2 heterocycles. The fraction of sp³-hybridized carbons (Fsp3) is 0.696. The number of benzene rings is 1. The van der Waals surface area contributed by atoms with Crippen LogP contribution < -0.4 is 20.7 Å². The zero-order valence-electron chi connectivity index (χ0n) is 19.7. The van der Waals surface area contributed by atoms with Gasteiger partial charge in [-0.2, -0.15) is 13.2 Å². The van der Waals surface area contributed by atoms with E-state index in [1.807, 2.05) is 0 Å². The minimum Gasteiger partial charge on any atom is -0.406 e. The fourth-order valence-corrected chi connectivity index (χ4v) is 5.30. The molecule has 1 aromatic carbocycles. The quantitative estimate of drug-likeness (QED) is 0.429. The first kappa shape index (κ1) is 27.7. The lowest BCUT2D eigenvalue weighted by Crippen LogP contribution is -2.65. The summed E-state index contributed by atoms with van der Waals surface area (Å²) in [6.45, 7) is 0.562. The topological polar surface area (TPSA) is 80.9 Å². The van der Waals surface area contributed by atoms with Gasteiger partial charge in [-0.25, -0.2) is 9.18 Å². The second-order valence-electron chi connectivity index (χ2n) is 9.46. The summed E-state index contributed by atoms with van der Waals surface area (Å²) in [5.74, 6) is -2.80. The Morgan fingerprint density at radius 1 is 1.08 bits per heavy atom. The maximum absolute atomic E-state index is 14.2. The van der Waals surface area contributed by atoms with Crippen LogP contribution in [-0.4, -0.2) is 55.7 Å². The van der Waals surface area contributed by atoms with Crippen molar-refractivity contribution >= 4 is 11.7 Å². The average Bonchev–Trinajstić information content (AvgIpc) is 2.75. The van der Waals surface area contributed by atoms with Crippen molar-refractivity contribution in [1.29, 1.82) is 0 Å². The van der Waals surface area contributed by atoms with Gasteiger partial charge in [-0.15, -0.1) is 13.2 Å². The van der Waals surface area contributed by atoms with Gasteiger partial charge in [0.1, 0.15) is 17.8 Å². The molecule has 1 aliphatic carbocycles. The Morgan fingerprint density at radius 3 is 2.43 bits per heavy atom. The average molecular weight is 543 g/mol. The van der Waals surface area contributed by atoms with Gasteiger partial charge in [-0.05, 0) is 44.4 Å². The van der Waals surface area contributed by atoms with Crippen LogP contribution in [-0.2, 0) is 9.47 Å². The van der Waals surface area contributed by atoms with E-state index in [-0.39, 0.29) is 18.7 Å². The minimum atomic E-state index is -5.00. The third-order valence-electron chi connectivity index (χ3n) is 7.08. The molecule has 3 fully saturated rings. The van der Waals surface area contributed by atoms with Crippen LogP contribution in [0.25, 0.3) is 0 Å². The number of halogens is 7. The van der Waals surface area contributed by atoms with Crippen molar-refractivity contribution in [1.82, 2.24) is 10.6 Å². The van der Waals surface area contributed by atoms with Crippen molar-refractivity contribution in [2.75, 3.05) is 18.5 Å². The molecule has 0 bridgehead atoms. The second kappa shape index (κ2) is 10.8. The van der Waals surface area contributed by atoms with E-state index in [1.165, 1.54) is 0 Å². The van der Waals surface area contributed by atoms with Crippen LogP contribution >= 0.6 is 0 Å². The summed E-state index contributed by atoms with van der Waals surface area (Å²) < 4.78 is 108. The number of nitrogens with one attached hydrogen (secondary N) is 3. The molecule has 1 saturated carbocycles. The molecule has 208 valence electrons. The number of anilines is 1.